The molecule has 11 nitrogen and oxygen atoms in total. The molecule has 15 heteroatoms. The number of rotatable bonds is 9. The van der Waals surface area contributed by atoms with E-state index in [1.807, 2.05) is 12.4 Å². The van der Waals surface area contributed by atoms with Gasteiger partial charge in [0, 0.05) is 161 Å². The maximum atomic E-state index is 13.6. The van der Waals surface area contributed by atoms with E-state index < -0.39 is 11.7 Å². The SMILES string of the molecule is CC[C@H](C)[C@H]1CN[C@@H](C)C(C)NCC2[C@H](C)C(C)N2[C@@H](CC2CCCC2)C(C)NC(C)(C)C(C)NCCNCCC(CCc2ccc(C(F)(F)F)c(Cl)c2)=NC=CN(C)C=C(CC2CCCCC2)N(C)C=C2CCCN2[C@@H](C)C(C)N1. The molecule has 4 fully saturated rings. The van der Waals surface area contributed by atoms with Gasteiger partial charge in [-0.05, 0) is 149 Å². The maximum Gasteiger partial charge on any atom is 0.417 e. The normalized spacial score (nSPS) is 32.2. The van der Waals surface area contributed by atoms with Crippen molar-refractivity contribution in [3.05, 3.63) is 70.5 Å². The molecule has 3 aliphatic heterocycles. The van der Waals surface area contributed by atoms with Crippen LogP contribution in [0.2, 0.25) is 5.02 Å². The van der Waals surface area contributed by atoms with Crippen molar-refractivity contribution in [3.8, 4) is 0 Å². The first-order valence-electron chi connectivity index (χ1n) is 32.4. The van der Waals surface area contributed by atoms with E-state index in [1.54, 1.807) is 6.07 Å². The number of benzene rings is 1. The van der Waals surface area contributed by atoms with Gasteiger partial charge >= 0.3 is 6.18 Å². The molecule has 81 heavy (non-hydrogen) atoms. The first-order valence-corrected chi connectivity index (χ1v) is 32.8. The summed E-state index contributed by atoms with van der Waals surface area (Å²) in [6, 6.07) is 7.74. The summed E-state index contributed by atoms with van der Waals surface area (Å²) in [7, 11) is 4.33. The molecule has 6 N–H and O–H groups in total. The van der Waals surface area contributed by atoms with Crippen LogP contribution >= 0.6 is 11.6 Å². The van der Waals surface area contributed by atoms with Crippen LogP contribution in [0.25, 0.3) is 0 Å². The molecule has 462 valence electrons. The van der Waals surface area contributed by atoms with Crippen molar-refractivity contribution < 1.29 is 13.2 Å². The molecule has 5 aliphatic rings. The Balaban J connectivity index is 1.26. The second kappa shape index (κ2) is 32.2. The molecule has 6 unspecified atom stereocenters. The average molecular weight is 1160 g/mol. The largest absolute Gasteiger partial charge is 0.417 e. The van der Waals surface area contributed by atoms with Gasteiger partial charge in [0.1, 0.15) is 0 Å². The number of alkyl halides is 3. The Bertz CT molecular complexity index is 2150. The lowest BCUT2D eigenvalue weighted by Crippen LogP contribution is -2.72. The van der Waals surface area contributed by atoms with E-state index in [4.69, 9.17) is 16.6 Å². The molecule has 1 aromatic carbocycles. The standard InChI is InChI=1S/C66H115ClF3N11/c1-15-45(2)62-41-74-47(4)48(5)75-42-64-46(3)51(8)81(64)63(40-55-24-19-20-25-55)50(7)77-65(11,12)53(10)72-34-33-71-32-31-57(29-27-56-28-30-60(61(67)39-56)66(68,69)70)73-35-37-78(13)43-59(38-54-22-17-16-18-23-54)79(14)44-58-26-21-36-80(58)52(9)49(6)76-62/h28,30,35,37,39,43-55,62-64,71-72,74-77H,15-27,29,31-34,36,38,40-42H2,1-14H3/t45-,46+,47-,48?,49?,50?,51?,52-,53?,62+,63-,64?/m0/s1. The first kappa shape index (κ1) is 67.4. The first-order chi connectivity index (χ1) is 38.5. The van der Waals surface area contributed by atoms with Crippen LogP contribution < -0.4 is 31.9 Å². The summed E-state index contributed by atoms with van der Waals surface area (Å²) in [5.74, 6) is 2.60. The molecule has 12 atom stereocenters. The van der Waals surface area contributed by atoms with Crippen molar-refractivity contribution in [2.45, 2.75) is 264 Å². The summed E-state index contributed by atoms with van der Waals surface area (Å²) in [6.07, 6.45) is 23.5. The number of hydrogen-bond donors (Lipinski definition) is 6. The fourth-order valence-corrected chi connectivity index (χ4v) is 14.2. The molecule has 1 aromatic rings. The topological polar surface area (TPSA) is 97.5 Å². The van der Waals surface area contributed by atoms with Crippen molar-refractivity contribution in [3.63, 3.8) is 0 Å². The molecule has 3 heterocycles. The quantitative estimate of drug-likeness (QED) is 0.144. The van der Waals surface area contributed by atoms with Crippen molar-refractivity contribution >= 4 is 17.3 Å². The molecule has 2 saturated carbocycles. The van der Waals surface area contributed by atoms with Gasteiger partial charge in [-0.3, -0.25) is 9.89 Å². The number of halogens is 4. The highest BCUT2D eigenvalue weighted by Crippen LogP contribution is 2.40. The molecule has 0 spiro atoms. The van der Waals surface area contributed by atoms with Gasteiger partial charge in [-0.1, -0.05) is 103 Å². The lowest BCUT2D eigenvalue weighted by atomic mass is 9.77. The van der Waals surface area contributed by atoms with Gasteiger partial charge in [-0.25, -0.2) is 0 Å². The smallest absolute Gasteiger partial charge is 0.369 e. The minimum absolute atomic E-state index is 0.152. The second-order valence-corrected chi connectivity index (χ2v) is 27.2. The fraction of sp³-hybridized carbons (Fsp3) is 0.803. The van der Waals surface area contributed by atoms with Crippen LogP contribution in [-0.4, -0.2) is 145 Å². The maximum absolute atomic E-state index is 13.6. The summed E-state index contributed by atoms with van der Waals surface area (Å²) in [6.45, 7) is 34.1. The Morgan fingerprint density at radius 2 is 1.44 bits per heavy atom. The number of nitrogens with one attached hydrogen (secondary N) is 6. The molecular formula is C66H115ClF3N11. The minimum atomic E-state index is -4.49. The van der Waals surface area contributed by atoms with E-state index in [-0.39, 0.29) is 16.6 Å². The number of allylic oxidation sites excluding steroid dienone is 2. The van der Waals surface area contributed by atoms with Gasteiger partial charge < -0.3 is 46.6 Å². The lowest BCUT2D eigenvalue weighted by molar-refractivity contribution is -0.137. The lowest BCUT2D eigenvalue weighted by Gasteiger charge is -2.59. The molecular weight excluding hydrogens is 1040 g/mol. The van der Waals surface area contributed by atoms with Crippen LogP contribution in [0.15, 0.2) is 59.4 Å². The molecule has 0 amide bonds. The Labute approximate surface area is 496 Å². The van der Waals surface area contributed by atoms with E-state index >= 15 is 0 Å². The molecule has 2 aliphatic carbocycles. The summed E-state index contributed by atoms with van der Waals surface area (Å²) >= 11 is 6.19. The Morgan fingerprint density at radius 1 is 0.765 bits per heavy atom. The van der Waals surface area contributed by atoms with Gasteiger partial charge in [0.05, 0.1) is 10.6 Å². The van der Waals surface area contributed by atoms with Crippen LogP contribution in [0.4, 0.5) is 13.2 Å². The summed E-state index contributed by atoms with van der Waals surface area (Å²) in [4.78, 5) is 15.2. The van der Waals surface area contributed by atoms with Crippen molar-refractivity contribution in [1.29, 1.82) is 0 Å². The Morgan fingerprint density at radius 3 is 2.12 bits per heavy atom. The van der Waals surface area contributed by atoms with Gasteiger partial charge in [-0.2, -0.15) is 13.2 Å². The van der Waals surface area contributed by atoms with Crippen LogP contribution in [0.1, 0.15) is 197 Å². The minimum Gasteiger partial charge on any atom is -0.369 e. The van der Waals surface area contributed by atoms with Crippen LogP contribution in [-0.2, 0) is 12.6 Å². The van der Waals surface area contributed by atoms with Crippen molar-refractivity contribution in [1.82, 2.24) is 51.5 Å². The third kappa shape index (κ3) is 19.9. The average Bonchev–Trinajstić information content (AvgIpc) is 3.90. The zero-order chi connectivity index (χ0) is 59.0. The fourth-order valence-electron chi connectivity index (χ4n) is 13.9. The highest BCUT2D eigenvalue weighted by atomic mass is 35.5. The van der Waals surface area contributed by atoms with Crippen LogP contribution in [0.3, 0.4) is 0 Å². The van der Waals surface area contributed by atoms with Crippen molar-refractivity contribution in [2.75, 3.05) is 53.4 Å². The predicted molar refractivity (Wildman–Crippen MR) is 337 cm³/mol. The molecule has 0 radical (unpaired) electrons. The van der Waals surface area contributed by atoms with Crippen LogP contribution in [0, 0.1) is 23.7 Å². The predicted octanol–water partition coefficient (Wildman–Crippen LogP) is 12.9. The number of aliphatic imine (C=N–C) groups is 1. The Hall–Kier alpha value is -2.69. The molecule has 0 bridgehead atoms. The van der Waals surface area contributed by atoms with Gasteiger partial charge in [0.15, 0.2) is 0 Å². The number of hydrogen-bond acceptors (Lipinski definition) is 11. The third-order valence-electron chi connectivity index (χ3n) is 20.5. The number of nitrogens with zero attached hydrogens (tertiary/aromatic N) is 5. The van der Waals surface area contributed by atoms with Gasteiger partial charge in [-0.15, -0.1) is 0 Å². The summed E-state index contributed by atoms with van der Waals surface area (Å²) in [5, 5.41) is 23.8. The highest BCUT2D eigenvalue weighted by molar-refractivity contribution is 6.31. The van der Waals surface area contributed by atoms with E-state index in [0.717, 1.165) is 88.2 Å². The van der Waals surface area contributed by atoms with Gasteiger partial charge in [0.2, 0.25) is 0 Å². The highest BCUT2D eigenvalue weighted by Gasteiger charge is 2.48. The zero-order valence-electron chi connectivity index (χ0n) is 53.1. The van der Waals surface area contributed by atoms with E-state index in [2.05, 4.69) is 161 Å². The van der Waals surface area contributed by atoms with E-state index in [0.29, 0.717) is 91.4 Å². The number of fused-ring (bicyclic) bond motifs is 2. The zero-order valence-corrected chi connectivity index (χ0v) is 53.9. The van der Waals surface area contributed by atoms with Gasteiger partial charge in [0.25, 0.3) is 0 Å². The molecule has 2 saturated heterocycles. The second-order valence-electron chi connectivity index (χ2n) is 26.8. The van der Waals surface area contributed by atoms with E-state index in [9.17, 15) is 13.2 Å². The van der Waals surface area contributed by atoms with Crippen molar-refractivity contribution in [2.24, 2.45) is 28.7 Å². The molecule has 0 aromatic heterocycles. The van der Waals surface area contributed by atoms with Crippen LogP contribution in [0.5, 0.6) is 0 Å². The third-order valence-corrected chi connectivity index (χ3v) is 20.8. The van der Waals surface area contributed by atoms with E-state index in [1.165, 1.54) is 81.7 Å². The monoisotopic (exact) mass is 1150 g/mol. The molecule has 6 rings (SSSR count). The Kier molecular flexibility index (Phi) is 26.8. The summed E-state index contributed by atoms with van der Waals surface area (Å²) < 4.78 is 40.9. The summed E-state index contributed by atoms with van der Waals surface area (Å²) in [5.41, 5.74) is 3.50. The number of aryl methyl sites for hydroxylation is 1.